The van der Waals surface area contributed by atoms with Gasteiger partial charge < -0.3 is 20.5 Å². The summed E-state index contributed by atoms with van der Waals surface area (Å²) in [5, 5.41) is 3.03. The van der Waals surface area contributed by atoms with Crippen LogP contribution >= 0.6 is 0 Å². The fourth-order valence-electron chi connectivity index (χ4n) is 2.11. The highest BCUT2D eigenvalue weighted by atomic mass is 16.5. The van der Waals surface area contributed by atoms with Gasteiger partial charge in [0.1, 0.15) is 23.6 Å². The van der Waals surface area contributed by atoms with Gasteiger partial charge in [0.05, 0.1) is 12.7 Å². The van der Waals surface area contributed by atoms with Crippen molar-refractivity contribution in [2.75, 3.05) is 18.2 Å². The first-order valence-electron chi connectivity index (χ1n) is 7.73. The lowest BCUT2D eigenvalue weighted by molar-refractivity contribution is 0.0600. The molecule has 132 valence electrons. The Labute approximate surface area is 150 Å². The molecule has 0 aliphatic rings. The topological polar surface area (TPSA) is 112 Å². The first-order chi connectivity index (χ1) is 12.6. The van der Waals surface area contributed by atoms with Crippen LogP contribution in [0.3, 0.4) is 0 Å². The zero-order valence-electron chi connectivity index (χ0n) is 14.3. The molecule has 0 unspecified atom stereocenters. The summed E-state index contributed by atoms with van der Waals surface area (Å²) in [5.41, 5.74) is 7.80. The third-order valence-electron chi connectivity index (χ3n) is 3.50. The van der Waals surface area contributed by atoms with Crippen molar-refractivity contribution in [3.63, 3.8) is 0 Å². The molecule has 3 aromatic rings. The van der Waals surface area contributed by atoms with E-state index in [9.17, 15) is 4.79 Å². The molecule has 0 aliphatic carbocycles. The van der Waals surface area contributed by atoms with Gasteiger partial charge in [-0.15, -0.1) is 0 Å². The predicted molar refractivity (Wildman–Crippen MR) is 96.6 cm³/mol. The number of anilines is 3. The lowest BCUT2D eigenvalue weighted by Crippen LogP contribution is -2.04. The van der Waals surface area contributed by atoms with E-state index in [4.69, 9.17) is 10.5 Å². The highest BCUT2D eigenvalue weighted by Gasteiger charge is 2.12. The number of aryl methyl sites for hydroxylation is 1. The van der Waals surface area contributed by atoms with E-state index in [-0.39, 0.29) is 11.6 Å². The first-order valence-corrected chi connectivity index (χ1v) is 7.73. The monoisotopic (exact) mass is 351 g/mol. The molecule has 0 saturated heterocycles. The van der Waals surface area contributed by atoms with Crippen LogP contribution < -0.4 is 15.8 Å². The van der Waals surface area contributed by atoms with Gasteiger partial charge in [-0.1, -0.05) is 6.07 Å². The number of hydrogen-bond acceptors (Lipinski definition) is 8. The number of hydrogen-bond donors (Lipinski definition) is 2. The summed E-state index contributed by atoms with van der Waals surface area (Å²) in [7, 11) is 1.33. The maximum atomic E-state index is 11.5. The third-order valence-corrected chi connectivity index (χ3v) is 3.50. The Morgan fingerprint density at radius 3 is 2.50 bits per heavy atom. The fraction of sp³-hybridized carbons (Fsp3) is 0.111. The van der Waals surface area contributed by atoms with Gasteiger partial charge in [-0.05, 0) is 42.8 Å². The minimum Gasteiger partial charge on any atom is -0.465 e. The summed E-state index contributed by atoms with van der Waals surface area (Å²) < 4.78 is 10.3. The van der Waals surface area contributed by atoms with E-state index in [1.54, 1.807) is 30.5 Å². The number of esters is 1. The molecule has 1 aromatic carbocycles. The van der Waals surface area contributed by atoms with Crippen molar-refractivity contribution >= 4 is 23.3 Å². The molecule has 0 bridgehead atoms. The smallest absolute Gasteiger partial charge is 0.337 e. The molecule has 0 spiro atoms. The van der Waals surface area contributed by atoms with Gasteiger partial charge in [0, 0.05) is 6.20 Å². The number of nitrogen functional groups attached to an aromatic ring is 1. The molecule has 2 aromatic heterocycles. The van der Waals surface area contributed by atoms with E-state index < -0.39 is 5.97 Å². The Hall–Kier alpha value is -3.68. The van der Waals surface area contributed by atoms with Crippen molar-refractivity contribution in [2.45, 2.75) is 6.92 Å². The number of benzene rings is 1. The standard InChI is InChI=1S/C18H17N5O3/c1-11-3-8-14(20-9-11)23-16-15(19)17(22-10-21-16)26-13-6-4-12(5-7-13)18(24)25-2/h3-10H,19H2,1-2H3,(H,20,21,22,23). The quantitative estimate of drug-likeness (QED) is 0.674. The van der Waals surface area contributed by atoms with Crippen molar-refractivity contribution in [1.82, 2.24) is 15.0 Å². The van der Waals surface area contributed by atoms with Gasteiger partial charge >= 0.3 is 5.97 Å². The predicted octanol–water partition coefficient (Wildman–Crippen LogP) is 3.08. The Balaban J connectivity index is 1.78. The first kappa shape index (κ1) is 17.2. The molecule has 8 nitrogen and oxygen atoms in total. The summed E-state index contributed by atoms with van der Waals surface area (Å²) in [5.74, 6) is 1.24. The molecule has 0 radical (unpaired) electrons. The molecule has 0 aliphatic heterocycles. The molecule has 2 heterocycles. The molecule has 0 saturated carbocycles. The van der Waals surface area contributed by atoms with Crippen LogP contribution in [0.1, 0.15) is 15.9 Å². The Bertz CT molecular complexity index is 911. The van der Waals surface area contributed by atoms with Crippen LogP contribution in [0.5, 0.6) is 11.6 Å². The summed E-state index contributed by atoms with van der Waals surface area (Å²) >= 11 is 0. The third kappa shape index (κ3) is 3.86. The average molecular weight is 351 g/mol. The van der Waals surface area contributed by atoms with E-state index in [2.05, 4.69) is 25.0 Å². The molecule has 0 atom stereocenters. The summed E-state index contributed by atoms with van der Waals surface area (Å²) in [4.78, 5) is 23.9. The van der Waals surface area contributed by atoms with E-state index in [1.807, 2.05) is 19.1 Å². The second kappa shape index (κ2) is 7.47. The number of methoxy groups -OCH3 is 1. The SMILES string of the molecule is COC(=O)c1ccc(Oc2ncnc(Nc3ccc(C)cn3)c2N)cc1. The van der Waals surface area contributed by atoms with Crippen molar-refractivity contribution in [3.05, 3.63) is 60.0 Å². The largest absolute Gasteiger partial charge is 0.465 e. The van der Waals surface area contributed by atoms with Gasteiger partial charge in [-0.25, -0.2) is 14.8 Å². The molecule has 3 N–H and O–H groups in total. The number of carbonyl (C=O) groups is 1. The van der Waals surface area contributed by atoms with Crippen LogP contribution in [0.15, 0.2) is 48.9 Å². The van der Waals surface area contributed by atoms with E-state index in [1.165, 1.54) is 13.4 Å². The lowest BCUT2D eigenvalue weighted by atomic mass is 10.2. The van der Waals surface area contributed by atoms with E-state index in [0.717, 1.165) is 5.56 Å². The maximum Gasteiger partial charge on any atom is 0.337 e. The highest BCUT2D eigenvalue weighted by molar-refractivity contribution is 5.89. The number of ether oxygens (including phenoxy) is 2. The minimum absolute atomic E-state index is 0.195. The molecule has 8 heteroatoms. The second-order valence-electron chi connectivity index (χ2n) is 5.40. The summed E-state index contributed by atoms with van der Waals surface area (Å²) in [6.07, 6.45) is 3.07. The van der Waals surface area contributed by atoms with Crippen LogP contribution in [0.25, 0.3) is 0 Å². The van der Waals surface area contributed by atoms with Gasteiger partial charge in [-0.2, -0.15) is 4.98 Å². The Morgan fingerprint density at radius 2 is 1.85 bits per heavy atom. The Kier molecular flexibility index (Phi) is 4.93. The van der Waals surface area contributed by atoms with Gasteiger partial charge in [0.2, 0.25) is 5.88 Å². The van der Waals surface area contributed by atoms with Crippen LogP contribution in [-0.2, 0) is 4.74 Å². The molecule has 3 rings (SSSR count). The number of nitrogens with zero attached hydrogens (tertiary/aromatic N) is 3. The summed E-state index contributed by atoms with van der Waals surface area (Å²) in [6.45, 7) is 1.95. The Morgan fingerprint density at radius 1 is 1.08 bits per heavy atom. The number of pyridine rings is 1. The molecule has 0 amide bonds. The molecular formula is C18H17N5O3. The normalized spacial score (nSPS) is 10.2. The van der Waals surface area contributed by atoms with Gasteiger partial charge in [-0.3, -0.25) is 0 Å². The lowest BCUT2D eigenvalue weighted by Gasteiger charge is -2.11. The van der Waals surface area contributed by atoms with Crippen LogP contribution in [0.2, 0.25) is 0 Å². The highest BCUT2D eigenvalue weighted by Crippen LogP contribution is 2.30. The van der Waals surface area contributed by atoms with Crippen molar-refractivity contribution in [2.24, 2.45) is 0 Å². The van der Waals surface area contributed by atoms with Crippen LogP contribution in [0.4, 0.5) is 17.3 Å². The maximum absolute atomic E-state index is 11.5. The van der Waals surface area contributed by atoms with E-state index in [0.29, 0.717) is 22.9 Å². The summed E-state index contributed by atoms with van der Waals surface area (Å²) in [6, 6.07) is 10.2. The zero-order valence-corrected chi connectivity index (χ0v) is 14.3. The molecular weight excluding hydrogens is 334 g/mol. The van der Waals surface area contributed by atoms with E-state index >= 15 is 0 Å². The number of nitrogens with one attached hydrogen (secondary N) is 1. The number of carbonyl (C=O) groups excluding carboxylic acids is 1. The number of rotatable bonds is 5. The minimum atomic E-state index is -0.421. The molecule has 0 fully saturated rings. The second-order valence-corrected chi connectivity index (χ2v) is 5.40. The number of aromatic nitrogens is 3. The van der Waals surface area contributed by atoms with Crippen LogP contribution in [0, 0.1) is 6.92 Å². The van der Waals surface area contributed by atoms with Gasteiger partial charge in [0.25, 0.3) is 0 Å². The fourth-order valence-corrected chi connectivity index (χ4v) is 2.11. The van der Waals surface area contributed by atoms with Crippen molar-refractivity contribution in [1.29, 1.82) is 0 Å². The molecule has 26 heavy (non-hydrogen) atoms. The van der Waals surface area contributed by atoms with Gasteiger partial charge in [0.15, 0.2) is 5.82 Å². The van der Waals surface area contributed by atoms with Crippen LogP contribution in [-0.4, -0.2) is 28.0 Å². The average Bonchev–Trinajstić information content (AvgIpc) is 2.66. The zero-order chi connectivity index (χ0) is 18.5. The van der Waals surface area contributed by atoms with Crippen molar-refractivity contribution in [3.8, 4) is 11.6 Å². The van der Waals surface area contributed by atoms with Crippen molar-refractivity contribution < 1.29 is 14.3 Å². The number of nitrogens with two attached hydrogens (primary N) is 1.